The van der Waals surface area contributed by atoms with Crippen LogP contribution in [0.4, 0.5) is 5.69 Å². The first-order valence-electron chi connectivity index (χ1n) is 10.1. The fourth-order valence-corrected chi connectivity index (χ4v) is 4.28. The fraction of sp³-hybridized carbons (Fsp3) is 0.348. The van der Waals surface area contributed by atoms with Crippen LogP contribution < -0.4 is 10.7 Å². The van der Waals surface area contributed by atoms with Crippen LogP contribution in [0.2, 0.25) is 10.0 Å². The number of nitrogens with zero attached hydrogens (tertiary/aromatic N) is 1. The molecule has 0 bridgehead atoms. The summed E-state index contributed by atoms with van der Waals surface area (Å²) in [6, 6.07) is 12.8. The largest absolute Gasteiger partial charge is 0.326 e. The van der Waals surface area contributed by atoms with E-state index in [0.29, 0.717) is 34.1 Å². The summed E-state index contributed by atoms with van der Waals surface area (Å²) < 4.78 is 0. The SMILES string of the molecule is CCCCC(C(=O)Nc1ccc(C2=NNC(=O)CC2C)cc1)c1c(Cl)cccc1Cl. The maximum atomic E-state index is 13.1. The average Bonchev–Trinajstić information content (AvgIpc) is 2.71. The highest BCUT2D eigenvalue weighted by Crippen LogP contribution is 2.35. The van der Waals surface area contributed by atoms with Crippen molar-refractivity contribution in [1.29, 1.82) is 0 Å². The number of nitrogens with one attached hydrogen (secondary N) is 2. The summed E-state index contributed by atoms with van der Waals surface area (Å²) in [4.78, 5) is 24.5. The van der Waals surface area contributed by atoms with Crippen molar-refractivity contribution in [2.24, 2.45) is 11.0 Å². The lowest BCUT2D eigenvalue weighted by molar-refractivity contribution is -0.122. The monoisotopic (exact) mass is 445 g/mol. The molecule has 0 radical (unpaired) electrons. The van der Waals surface area contributed by atoms with Crippen LogP contribution >= 0.6 is 23.2 Å². The van der Waals surface area contributed by atoms with Gasteiger partial charge < -0.3 is 5.32 Å². The Balaban J connectivity index is 1.78. The van der Waals surface area contributed by atoms with Gasteiger partial charge in [0, 0.05) is 33.6 Å². The summed E-state index contributed by atoms with van der Waals surface area (Å²) in [5, 5.41) is 8.16. The molecule has 0 saturated heterocycles. The van der Waals surface area contributed by atoms with E-state index in [0.717, 1.165) is 24.1 Å². The highest BCUT2D eigenvalue weighted by molar-refractivity contribution is 6.36. The van der Waals surface area contributed by atoms with Crippen LogP contribution in [-0.2, 0) is 9.59 Å². The second kappa shape index (κ2) is 10.1. The first kappa shape index (κ1) is 22.3. The molecule has 1 aliphatic heterocycles. The maximum Gasteiger partial charge on any atom is 0.240 e. The minimum Gasteiger partial charge on any atom is -0.326 e. The molecule has 0 fully saturated rings. The van der Waals surface area contributed by atoms with Crippen molar-refractivity contribution in [3.05, 3.63) is 63.6 Å². The van der Waals surface area contributed by atoms with Crippen LogP contribution in [-0.4, -0.2) is 17.5 Å². The molecule has 2 unspecified atom stereocenters. The summed E-state index contributed by atoms with van der Waals surface area (Å²) in [7, 11) is 0. The molecule has 30 heavy (non-hydrogen) atoms. The zero-order valence-corrected chi connectivity index (χ0v) is 18.6. The lowest BCUT2D eigenvalue weighted by Gasteiger charge is -2.21. The Morgan fingerprint density at radius 2 is 1.87 bits per heavy atom. The molecule has 0 aliphatic carbocycles. The summed E-state index contributed by atoms with van der Waals surface area (Å²) in [6.45, 7) is 4.05. The average molecular weight is 446 g/mol. The molecule has 2 N–H and O–H groups in total. The molecule has 0 saturated carbocycles. The van der Waals surface area contributed by atoms with Gasteiger partial charge in [-0.05, 0) is 36.2 Å². The van der Waals surface area contributed by atoms with Crippen molar-refractivity contribution < 1.29 is 9.59 Å². The van der Waals surface area contributed by atoms with E-state index in [4.69, 9.17) is 23.2 Å². The Morgan fingerprint density at radius 3 is 2.47 bits per heavy atom. The third-order valence-electron chi connectivity index (χ3n) is 5.22. The number of amides is 2. The van der Waals surface area contributed by atoms with E-state index in [1.165, 1.54) is 0 Å². The number of hydrazone groups is 1. The molecular weight excluding hydrogens is 421 g/mol. The molecule has 3 rings (SSSR count). The standard InChI is InChI=1S/C23H25Cl2N3O2/c1-3-4-6-17(21-18(24)7-5-8-19(21)25)23(30)26-16-11-9-15(10-12-16)22-14(2)13-20(29)27-28-22/h5,7-12,14,17H,3-4,6,13H2,1-2H3,(H,26,30)(H,27,29). The zero-order valence-electron chi connectivity index (χ0n) is 17.0. The second-order valence-corrected chi connectivity index (χ2v) is 8.35. The molecular formula is C23H25Cl2N3O2. The van der Waals surface area contributed by atoms with Crippen LogP contribution in [0.3, 0.4) is 0 Å². The third-order valence-corrected chi connectivity index (χ3v) is 5.88. The Kier molecular flexibility index (Phi) is 7.51. The number of benzene rings is 2. The number of halogens is 2. The number of hydrogen-bond donors (Lipinski definition) is 2. The molecule has 5 nitrogen and oxygen atoms in total. The molecule has 2 aromatic carbocycles. The van der Waals surface area contributed by atoms with E-state index in [-0.39, 0.29) is 17.7 Å². The number of unbranched alkanes of at least 4 members (excludes halogenated alkanes) is 1. The lowest BCUT2D eigenvalue weighted by Crippen LogP contribution is -2.31. The van der Waals surface area contributed by atoms with E-state index >= 15 is 0 Å². The van der Waals surface area contributed by atoms with E-state index in [1.54, 1.807) is 18.2 Å². The molecule has 2 atom stereocenters. The van der Waals surface area contributed by atoms with Crippen molar-refractivity contribution in [3.63, 3.8) is 0 Å². The number of hydrogen-bond acceptors (Lipinski definition) is 3. The molecule has 2 amide bonds. The quantitative estimate of drug-likeness (QED) is 0.567. The highest BCUT2D eigenvalue weighted by Gasteiger charge is 2.25. The second-order valence-electron chi connectivity index (χ2n) is 7.53. The smallest absolute Gasteiger partial charge is 0.240 e. The van der Waals surface area contributed by atoms with Crippen molar-refractivity contribution in [2.75, 3.05) is 5.32 Å². The first-order valence-corrected chi connectivity index (χ1v) is 10.9. The van der Waals surface area contributed by atoms with Gasteiger partial charge >= 0.3 is 0 Å². The van der Waals surface area contributed by atoms with Crippen LogP contribution in [0.15, 0.2) is 47.6 Å². The van der Waals surface area contributed by atoms with Gasteiger partial charge in [0.15, 0.2) is 0 Å². The first-order chi connectivity index (χ1) is 14.4. The minimum absolute atomic E-state index is 0.0416. The van der Waals surface area contributed by atoms with Crippen LogP contribution in [0.25, 0.3) is 0 Å². The van der Waals surface area contributed by atoms with Crippen LogP contribution in [0, 0.1) is 5.92 Å². The lowest BCUT2D eigenvalue weighted by atomic mass is 9.92. The van der Waals surface area contributed by atoms with Crippen molar-refractivity contribution in [1.82, 2.24) is 5.43 Å². The molecule has 1 aliphatic rings. The zero-order chi connectivity index (χ0) is 21.7. The summed E-state index contributed by atoms with van der Waals surface area (Å²) >= 11 is 12.7. The van der Waals surface area contributed by atoms with E-state index in [1.807, 2.05) is 31.2 Å². The van der Waals surface area contributed by atoms with Gasteiger partial charge in [0.05, 0.1) is 11.6 Å². The Labute approximate surface area is 186 Å². The molecule has 0 spiro atoms. The van der Waals surface area contributed by atoms with E-state index in [2.05, 4.69) is 22.8 Å². The fourth-order valence-electron chi connectivity index (χ4n) is 3.61. The normalized spacial score (nSPS) is 17.1. The summed E-state index contributed by atoms with van der Waals surface area (Å²) in [5.74, 6) is -0.600. The topological polar surface area (TPSA) is 70.6 Å². The van der Waals surface area contributed by atoms with Gasteiger partial charge in [-0.2, -0.15) is 5.10 Å². The Bertz CT molecular complexity index is 937. The molecule has 7 heteroatoms. The predicted molar refractivity (Wildman–Crippen MR) is 122 cm³/mol. The number of carbonyl (C=O) groups excluding carboxylic acids is 2. The maximum absolute atomic E-state index is 13.1. The van der Waals surface area contributed by atoms with Crippen LogP contribution in [0.1, 0.15) is 56.6 Å². The van der Waals surface area contributed by atoms with Crippen molar-refractivity contribution in [2.45, 2.75) is 45.4 Å². The van der Waals surface area contributed by atoms with Gasteiger partial charge in [-0.1, -0.05) is 68.1 Å². The van der Waals surface area contributed by atoms with Gasteiger partial charge in [-0.3, -0.25) is 9.59 Å². The van der Waals surface area contributed by atoms with Gasteiger partial charge in [0.2, 0.25) is 11.8 Å². The van der Waals surface area contributed by atoms with Crippen LogP contribution in [0.5, 0.6) is 0 Å². The summed E-state index contributed by atoms with van der Waals surface area (Å²) in [6.07, 6.45) is 2.94. The number of rotatable bonds is 7. The summed E-state index contributed by atoms with van der Waals surface area (Å²) in [5.41, 5.74) is 5.62. The molecule has 0 aromatic heterocycles. The van der Waals surface area contributed by atoms with Gasteiger partial charge in [0.1, 0.15) is 0 Å². The van der Waals surface area contributed by atoms with Gasteiger partial charge in [-0.25, -0.2) is 5.43 Å². The van der Waals surface area contributed by atoms with E-state index in [9.17, 15) is 9.59 Å². The van der Waals surface area contributed by atoms with Gasteiger partial charge in [0.25, 0.3) is 0 Å². The van der Waals surface area contributed by atoms with E-state index < -0.39 is 5.92 Å². The number of carbonyl (C=O) groups is 2. The predicted octanol–water partition coefficient (Wildman–Crippen LogP) is 5.77. The van der Waals surface area contributed by atoms with Gasteiger partial charge in [-0.15, -0.1) is 0 Å². The molecule has 2 aromatic rings. The van der Waals surface area contributed by atoms with Crippen molar-refractivity contribution in [3.8, 4) is 0 Å². The molecule has 158 valence electrons. The highest BCUT2D eigenvalue weighted by atomic mass is 35.5. The number of anilines is 1. The Morgan fingerprint density at radius 1 is 1.20 bits per heavy atom. The Hall–Kier alpha value is -2.37. The van der Waals surface area contributed by atoms with Crippen molar-refractivity contribution >= 4 is 46.4 Å². The minimum atomic E-state index is -0.427. The molecule has 1 heterocycles. The third kappa shape index (κ3) is 5.21.